The fourth-order valence-electron chi connectivity index (χ4n) is 2.22. The van der Waals surface area contributed by atoms with E-state index < -0.39 is 11.8 Å². The Balaban J connectivity index is 1.95. The molecule has 0 bridgehead atoms. The number of rotatable bonds is 4. The molecule has 2 aromatic heterocycles. The van der Waals surface area contributed by atoms with Crippen LogP contribution in [0.3, 0.4) is 0 Å². The minimum Gasteiger partial charge on any atom is -0.486 e. The van der Waals surface area contributed by atoms with Gasteiger partial charge in [0, 0.05) is 12.3 Å². The number of halogens is 1. The highest BCUT2D eigenvalue weighted by Crippen LogP contribution is 2.18. The molecule has 1 N–H and O–H groups in total. The number of imidazole rings is 1. The Morgan fingerprint density at radius 1 is 1.36 bits per heavy atom. The minimum absolute atomic E-state index is 0.0263. The average molecular weight is 300 g/mol. The summed E-state index contributed by atoms with van der Waals surface area (Å²) in [6, 6.07) is 9.36. The summed E-state index contributed by atoms with van der Waals surface area (Å²) in [4.78, 5) is 15.4. The predicted molar refractivity (Wildman–Crippen MR) is 77.6 cm³/mol. The van der Waals surface area contributed by atoms with Gasteiger partial charge >= 0.3 is 5.97 Å². The normalized spacial score (nSPS) is 10.8. The second-order valence-corrected chi connectivity index (χ2v) is 4.89. The number of carbonyl (C=O) groups is 1. The standard InChI is InChI=1S/C16H13FN2O3/c1-10-5-6-19-13(7-10)15(16(20)21)18-14(19)9-22-12-4-2-3-11(17)8-12/h2-8H,9H2,1H3,(H,20,21). The van der Waals surface area contributed by atoms with Gasteiger partial charge in [-0.15, -0.1) is 0 Å². The van der Waals surface area contributed by atoms with Crippen molar-refractivity contribution >= 4 is 11.5 Å². The molecule has 0 radical (unpaired) electrons. The number of pyridine rings is 1. The maximum Gasteiger partial charge on any atom is 0.356 e. The molecule has 1 aromatic carbocycles. The number of hydrogen-bond acceptors (Lipinski definition) is 3. The highest BCUT2D eigenvalue weighted by molar-refractivity contribution is 5.93. The van der Waals surface area contributed by atoms with Crippen LogP contribution in [0, 0.1) is 12.7 Å². The molecule has 0 unspecified atom stereocenters. The van der Waals surface area contributed by atoms with Gasteiger partial charge in [0.15, 0.2) is 11.5 Å². The van der Waals surface area contributed by atoms with Crippen molar-refractivity contribution in [2.75, 3.05) is 0 Å². The first-order valence-corrected chi connectivity index (χ1v) is 6.64. The van der Waals surface area contributed by atoms with E-state index in [2.05, 4.69) is 4.98 Å². The molecule has 0 aliphatic rings. The molecule has 112 valence electrons. The Hall–Kier alpha value is -2.89. The van der Waals surface area contributed by atoms with E-state index in [-0.39, 0.29) is 12.3 Å². The van der Waals surface area contributed by atoms with E-state index in [4.69, 9.17) is 4.74 Å². The fraction of sp³-hybridized carbons (Fsp3) is 0.125. The fourth-order valence-corrected chi connectivity index (χ4v) is 2.22. The molecule has 3 rings (SSSR count). The Morgan fingerprint density at radius 3 is 2.91 bits per heavy atom. The van der Waals surface area contributed by atoms with Crippen molar-refractivity contribution in [2.24, 2.45) is 0 Å². The zero-order chi connectivity index (χ0) is 15.7. The molecular formula is C16H13FN2O3. The molecular weight excluding hydrogens is 287 g/mol. The number of aryl methyl sites for hydroxylation is 1. The largest absolute Gasteiger partial charge is 0.486 e. The van der Waals surface area contributed by atoms with Gasteiger partial charge in [-0.25, -0.2) is 14.2 Å². The molecule has 0 fully saturated rings. The smallest absolute Gasteiger partial charge is 0.356 e. The number of benzene rings is 1. The Kier molecular flexibility index (Phi) is 3.50. The second kappa shape index (κ2) is 5.48. The van der Waals surface area contributed by atoms with Gasteiger partial charge in [-0.2, -0.15) is 0 Å². The van der Waals surface area contributed by atoms with Crippen molar-refractivity contribution in [1.82, 2.24) is 9.38 Å². The van der Waals surface area contributed by atoms with E-state index in [0.717, 1.165) is 5.56 Å². The third kappa shape index (κ3) is 2.63. The van der Waals surface area contributed by atoms with Gasteiger partial charge in [0.2, 0.25) is 0 Å². The number of fused-ring (bicyclic) bond motifs is 1. The summed E-state index contributed by atoms with van der Waals surface area (Å²) >= 11 is 0. The summed E-state index contributed by atoms with van der Waals surface area (Å²) in [5, 5.41) is 9.24. The van der Waals surface area contributed by atoms with Crippen molar-refractivity contribution in [1.29, 1.82) is 0 Å². The van der Waals surface area contributed by atoms with Crippen LogP contribution in [0.5, 0.6) is 5.75 Å². The van der Waals surface area contributed by atoms with Crippen LogP contribution in [0.4, 0.5) is 4.39 Å². The number of ether oxygens (including phenoxy) is 1. The van der Waals surface area contributed by atoms with Gasteiger partial charge in [0.25, 0.3) is 0 Å². The second-order valence-electron chi connectivity index (χ2n) is 4.89. The Morgan fingerprint density at radius 2 is 2.18 bits per heavy atom. The first-order chi connectivity index (χ1) is 10.5. The summed E-state index contributed by atoms with van der Waals surface area (Å²) in [5.74, 6) is -0.690. The summed E-state index contributed by atoms with van der Waals surface area (Å²) < 4.78 is 20.3. The number of carboxylic acid groups (broad SMARTS) is 1. The highest BCUT2D eigenvalue weighted by Gasteiger charge is 2.17. The lowest BCUT2D eigenvalue weighted by molar-refractivity contribution is 0.0693. The average Bonchev–Trinajstić information content (AvgIpc) is 2.83. The van der Waals surface area contributed by atoms with Gasteiger partial charge in [0.1, 0.15) is 18.2 Å². The summed E-state index contributed by atoms with van der Waals surface area (Å²) in [6.07, 6.45) is 1.74. The van der Waals surface area contributed by atoms with Crippen LogP contribution in [0.1, 0.15) is 21.9 Å². The van der Waals surface area contributed by atoms with Crippen molar-refractivity contribution in [2.45, 2.75) is 13.5 Å². The topological polar surface area (TPSA) is 63.8 Å². The van der Waals surface area contributed by atoms with Gasteiger partial charge in [-0.1, -0.05) is 6.07 Å². The molecule has 0 spiro atoms. The number of nitrogens with zero attached hydrogens (tertiary/aromatic N) is 2. The maximum absolute atomic E-state index is 13.1. The lowest BCUT2D eigenvalue weighted by atomic mass is 10.2. The molecule has 3 aromatic rings. The molecule has 0 aliphatic heterocycles. The molecule has 6 heteroatoms. The van der Waals surface area contributed by atoms with Gasteiger partial charge in [0.05, 0.1) is 5.52 Å². The predicted octanol–water partition coefficient (Wildman–Crippen LogP) is 3.06. The Bertz CT molecular complexity index is 858. The van der Waals surface area contributed by atoms with E-state index in [1.54, 1.807) is 28.8 Å². The van der Waals surface area contributed by atoms with Gasteiger partial charge in [-0.05, 0) is 36.8 Å². The molecule has 22 heavy (non-hydrogen) atoms. The number of aromatic carboxylic acids is 1. The van der Waals surface area contributed by atoms with Crippen molar-refractivity contribution in [3.05, 3.63) is 65.5 Å². The minimum atomic E-state index is -1.10. The van der Waals surface area contributed by atoms with Crippen molar-refractivity contribution in [3.63, 3.8) is 0 Å². The van der Waals surface area contributed by atoms with Crippen LogP contribution in [-0.2, 0) is 6.61 Å². The third-order valence-corrected chi connectivity index (χ3v) is 3.24. The van der Waals surface area contributed by atoms with Crippen LogP contribution >= 0.6 is 0 Å². The summed E-state index contributed by atoms with van der Waals surface area (Å²) in [6.45, 7) is 1.92. The van der Waals surface area contributed by atoms with Gasteiger partial charge < -0.3 is 9.84 Å². The van der Waals surface area contributed by atoms with E-state index in [1.165, 1.54) is 12.1 Å². The molecule has 5 nitrogen and oxygen atoms in total. The van der Waals surface area contributed by atoms with Crippen LogP contribution in [-0.4, -0.2) is 20.5 Å². The first-order valence-electron chi connectivity index (χ1n) is 6.64. The number of hydrogen-bond donors (Lipinski definition) is 1. The quantitative estimate of drug-likeness (QED) is 0.804. The molecule has 0 aliphatic carbocycles. The number of carboxylic acids is 1. The molecule has 0 amide bonds. The summed E-state index contributed by atoms with van der Waals surface area (Å²) in [7, 11) is 0. The molecule has 0 saturated carbocycles. The van der Waals surface area contributed by atoms with Crippen LogP contribution in [0.25, 0.3) is 5.52 Å². The molecule has 0 saturated heterocycles. The van der Waals surface area contributed by atoms with Crippen LogP contribution in [0.15, 0.2) is 42.6 Å². The highest BCUT2D eigenvalue weighted by atomic mass is 19.1. The van der Waals surface area contributed by atoms with Crippen LogP contribution in [0.2, 0.25) is 0 Å². The van der Waals surface area contributed by atoms with Crippen molar-refractivity contribution < 1.29 is 19.0 Å². The van der Waals surface area contributed by atoms with Crippen molar-refractivity contribution in [3.8, 4) is 5.75 Å². The van der Waals surface area contributed by atoms with E-state index in [0.29, 0.717) is 17.1 Å². The Labute approximate surface area is 125 Å². The van der Waals surface area contributed by atoms with Crippen LogP contribution < -0.4 is 4.74 Å². The van der Waals surface area contributed by atoms with Gasteiger partial charge in [-0.3, -0.25) is 4.40 Å². The zero-order valence-corrected chi connectivity index (χ0v) is 11.8. The first kappa shape index (κ1) is 14.1. The zero-order valence-electron chi connectivity index (χ0n) is 11.8. The lowest BCUT2D eigenvalue weighted by Crippen LogP contribution is -2.01. The van der Waals surface area contributed by atoms with E-state index in [9.17, 15) is 14.3 Å². The molecule has 2 heterocycles. The number of aromatic nitrogens is 2. The molecule has 0 atom stereocenters. The SMILES string of the molecule is Cc1ccn2c(COc3cccc(F)c3)nc(C(=O)O)c2c1. The van der Waals surface area contributed by atoms with E-state index in [1.807, 2.05) is 13.0 Å². The monoisotopic (exact) mass is 300 g/mol. The summed E-state index contributed by atoms with van der Waals surface area (Å²) in [5.41, 5.74) is 1.42. The maximum atomic E-state index is 13.1. The lowest BCUT2D eigenvalue weighted by Gasteiger charge is -2.05. The third-order valence-electron chi connectivity index (χ3n) is 3.24. The van der Waals surface area contributed by atoms with E-state index >= 15 is 0 Å².